The zero-order valence-corrected chi connectivity index (χ0v) is 11.9. The van der Waals surface area contributed by atoms with Crippen LogP contribution in [0.3, 0.4) is 0 Å². The highest BCUT2D eigenvalue weighted by atomic mass is 35.5. The molecule has 5 heteroatoms. The maximum Gasteiger partial charge on any atom is 0.264 e. The number of amides is 1. The van der Waals surface area contributed by atoms with Crippen molar-refractivity contribution in [1.82, 2.24) is 5.32 Å². The van der Waals surface area contributed by atoms with Crippen LogP contribution in [-0.2, 0) is 9.63 Å². The molecule has 0 bridgehead atoms. The molecule has 0 radical (unpaired) electrons. The summed E-state index contributed by atoms with van der Waals surface area (Å²) in [6.07, 6.45) is 4.47. The van der Waals surface area contributed by atoms with Crippen LogP contribution >= 0.6 is 11.6 Å². The van der Waals surface area contributed by atoms with Gasteiger partial charge in [-0.05, 0) is 18.9 Å². The molecule has 1 heterocycles. The Labute approximate surface area is 123 Å². The van der Waals surface area contributed by atoms with Gasteiger partial charge in [-0.25, -0.2) is 0 Å². The Balaban J connectivity index is 1.61. The van der Waals surface area contributed by atoms with E-state index in [1.165, 1.54) is 12.8 Å². The monoisotopic (exact) mass is 292 g/mol. The number of rotatable bonds is 3. The zero-order chi connectivity index (χ0) is 13.9. The van der Waals surface area contributed by atoms with E-state index in [2.05, 4.69) is 10.5 Å². The van der Waals surface area contributed by atoms with Gasteiger partial charge in [-0.3, -0.25) is 4.79 Å². The van der Waals surface area contributed by atoms with Gasteiger partial charge in [-0.1, -0.05) is 47.8 Å². The van der Waals surface area contributed by atoms with E-state index in [-0.39, 0.29) is 5.91 Å². The van der Waals surface area contributed by atoms with Crippen LogP contribution in [0.5, 0.6) is 0 Å². The van der Waals surface area contributed by atoms with E-state index in [1.54, 1.807) is 0 Å². The zero-order valence-electron chi connectivity index (χ0n) is 11.1. The molecule has 1 aromatic carbocycles. The third-order valence-corrected chi connectivity index (χ3v) is 4.18. The van der Waals surface area contributed by atoms with Gasteiger partial charge in [-0.15, -0.1) is 0 Å². The first kappa shape index (κ1) is 13.4. The van der Waals surface area contributed by atoms with Gasteiger partial charge in [0.2, 0.25) is 6.10 Å². The standard InChI is InChI=1S/C15H17ClN2O2/c16-12-8-4-3-7-11(12)13-9-14(20-18-13)15(19)17-10-5-1-2-6-10/h3-4,7-8,10,14H,1-2,5-6,9H2,(H,17,19)/t14-/m0/s1. The number of halogens is 1. The molecule has 0 saturated heterocycles. The van der Waals surface area contributed by atoms with Crippen molar-refractivity contribution in [3.05, 3.63) is 34.9 Å². The Bertz CT molecular complexity index is 538. The second-order valence-electron chi connectivity index (χ2n) is 5.31. The molecule has 0 unspecified atom stereocenters. The minimum atomic E-state index is -0.526. The summed E-state index contributed by atoms with van der Waals surface area (Å²) in [5.41, 5.74) is 1.58. The first-order valence-corrected chi connectivity index (χ1v) is 7.40. The summed E-state index contributed by atoms with van der Waals surface area (Å²) < 4.78 is 0. The fraction of sp³-hybridized carbons (Fsp3) is 0.467. The summed E-state index contributed by atoms with van der Waals surface area (Å²) in [4.78, 5) is 17.4. The Hall–Kier alpha value is -1.55. The van der Waals surface area contributed by atoms with Crippen LogP contribution in [0.1, 0.15) is 37.7 Å². The first-order valence-electron chi connectivity index (χ1n) is 7.02. The van der Waals surface area contributed by atoms with Crippen molar-refractivity contribution >= 4 is 23.2 Å². The predicted octanol–water partition coefficient (Wildman–Crippen LogP) is 2.89. The number of carbonyl (C=O) groups is 1. The third kappa shape index (κ3) is 2.80. The minimum absolute atomic E-state index is 0.0669. The highest BCUT2D eigenvalue weighted by Gasteiger charge is 2.31. The Morgan fingerprint density at radius 3 is 2.80 bits per heavy atom. The van der Waals surface area contributed by atoms with Crippen molar-refractivity contribution in [2.45, 2.75) is 44.2 Å². The lowest BCUT2D eigenvalue weighted by Gasteiger charge is -2.14. The molecule has 20 heavy (non-hydrogen) atoms. The summed E-state index contributed by atoms with van der Waals surface area (Å²) in [6, 6.07) is 7.77. The lowest BCUT2D eigenvalue weighted by molar-refractivity contribution is -0.131. The number of nitrogens with zero attached hydrogens (tertiary/aromatic N) is 1. The number of nitrogens with one attached hydrogen (secondary N) is 1. The largest absolute Gasteiger partial charge is 0.382 e. The first-order chi connectivity index (χ1) is 9.74. The number of hydrogen-bond acceptors (Lipinski definition) is 3. The van der Waals surface area contributed by atoms with Gasteiger partial charge < -0.3 is 10.2 Å². The minimum Gasteiger partial charge on any atom is -0.382 e. The predicted molar refractivity (Wildman–Crippen MR) is 77.9 cm³/mol. The average molecular weight is 293 g/mol. The smallest absolute Gasteiger partial charge is 0.264 e. The van der Waals surface area contributed by atoms with E-state index < -0.39 is 6.10 Å². The fourth-order valence-electron chi connectivity index (χ4n) is 2.74. The van der Waals surface area contributed by atoms with Crippen LogP contribution in [0, 0.1) is 0 Å². The van der Waals surface area contributed by atoms with Gasteiger partial charge in [0.1, 0.15) is 0 Å². The van der Waals surface area contributed by atoms with Crippen LogP contribution in [0.15, 0.2) is 29.4 Å². The van der Waals surface area contributed by atoms with Crippen LogP contribution < -0.4 is 5.32 Å². The highest BCUT2D eigenvalue weighted by molar-refractivity contribution is 6.34. The van der Waals surface area contributed by atoms with E-state index in [9.17, 15) is 4.79 Å². The maximum absolute atomic E-state index is 12.1. The number of oxime groups is 1. The van der Waals surface area contributed by atoms with E-state index in [4.69, 9.17) is 16.4 Å². The Morgan fingerprint density at radius 1 is 1.30 bits per heavy atom. The quantitative estimate of drug-likeness (QED) is 0.931. The van der Waals surface area contributed by atoms with Crippen molar-refractivity contribution in [2.75, 3.05) is 0 Å². The highest BCUT2D eigenvalue weighted by Crippen LogP contribution is 2.24. The third-order valence-electron chi connectivity index (χ3n) is 3.85. The summed E-state index contributed by atoms with van der Waals surface area (Å²) >= 11 is 6.13. The van der Waals surface area contributed by atoms with Crippen LogP contribution in [0.2, 0.25) is 5.02 Å². The van der Waals surface area contributed by atoms with E-state index in [0.29, 0.717) is 17.5 Å². The van der Waals surface area contributed by atoms with Gasteiger partial charge in [0.25, 0.3) is 5.91 Å². The van der Waals surface area contributed by atoms with E-state index >= 15 is 0 Å². The average Bonchev–Trinajstić information content (AvgIpc) is 3.10. The summed E-state index contributed by atoms with van der Waals surface area (Å²) in [6.45, 7) is 0. The fourth-order valence-corrected chi connectivity index (χ4v) is 2.98. The summed E-state index contributed by atoms with van der Waals surface area (Å²) in [5, 5.41) is 7.68. The molecule has 1 N–H and O–H groups in total. The molecule has 0 spiro atoms. The van der Waals surface area contributed by atoms with Crippen molar-refractivity contribution < 1.29 is 9.63 Å². The molecular weight excluding hydrogens is 276 g/mol. The summed E-state index contributed by atoms with van der Waals surface area (Å²) in [7, 11) is 0. The lowest BCUT2D eigenvalue weighted by atomic mass is 10.0. The molecule has 1 atom stereocenters. The summed E-state index contributed by atoms with van der Waals surface area (Å²) in [5.74, 6) is -0.0669. The van der Waals surface area contributed by atoms with Crippen molar-refractivity contribution in [1.29, 1.82) is 0 Å². The molecule has 1 aliphatic heterocycles. The van der Waals surface area contributed by atoms with Crippen LogP contribution in [-0.4, -0.2) is 23.8 Å². The second-order valence-corrected chi connectivity index (χ2v) is 5.71. The van der Waals surface area contributed by atoms with Gasteiger partial charge in [0.05, 0.1) is 5.71 Å². The molecule has 106 valence electrons. The SMILES string of the molecule is O=C(NC1CCCC1)[C@@H]1CC(c2ccccc2Cl)=NO1. The molecule has 1 fully saturated rings. The molecule has 1 aliphatic carbocycles. The maximum atomic E-state index is 12.1. The van der Waals surface area contributed by atoms with Crippen molar-refractivity contribution in [3.8, 4) is 0 Å². The second kappa shape index (κ2) is 5.83. The molecular formula is C15H17ClN2O2. The normalized spacial score (nSPS) is 22.4. The van der Waals surface area contributed by atoms with E-state index in [1.807, 2.05) is 24.3 Å². The van der Waals surface area contributed by atoms with Crippen molar-refractivity contribution in [2.24, 2.45) is 5.16 Å². The number of benzene rings is 1. The van der Waals surface area contributed by atoms with Gasteiger partial charge in [-0.2, -0.15) is 0 Å². The van der Waals surface area contributed by atoms with Crippen LogP contribution in [0.25, 0.3) is 0 Å². The number of carbonyl (C=O) groups excluding carboxylic acids is 1. The molecule has 3 rings (SSSR count). The van der Waals surface area contributed by atoms with E-state index in [0.717, 1.165) is 24.1 Å². The molecule has 1 aromatic rings. The molecule has 1 amide bonds. The van der Waals surface area contributed by atoms with Gasteiger partial charge in [0, 0.05) is 23.0 Å². The lowest BCUT2D eigenvalue weighted by Crippen LogP contribution is -2.40. The molecule has 4 nitrogen and oxygen atoms in total. The molecule has 1 saturated carbocycles. The van der Waals surface area contributed by atoms with Gasteiger partial charge >= 0.3 is 0 Å². The van der Waals surface area contributed by atoms with Crippen molar-refractivity contribution in [3.63, 3.8) is 0 Å². The molecule has 2 aliphatic rings. The number of hydrogen-bond donors (Lipinski definition) is 1. The Kier molecular flexibility index (Phi) is 3.92. The Morgan fingerprint density at radius 2 is 2.05 bits per heavy atom. The van der Waals surface area contributed by atoms with Crippen LogP contribution in [0.4, 0.5) is 0 Å². The van der Waals surface area contributed by atoms with Gasteiger partial charge in [0.15, 0.2) is 0 Å². The molecule has 0 aromatic heterocycles. The topological polar surface area (TPSA) is 50.7 Å².